The van der Waals surface area contributed by atoms with Crippen molar-refractivity contribution in [3.63, 3.8) is 0 Å². The molecule has 0 fully saturated rings. The zero-order valence-electron chi connectivity index (χ0n) is 15.8. The topological polar surface area (TPSA) is 68.0 Å². The van der Waals surface area contributed by atoms with Gasteiger partial charge in [-0.05, 0) is 61.7 Å². The van der Waals surface area contributed by atoms with E-state index in [1.807, 2.05) is 25.1 Å². The number of benzene rings is 2. The Bertz CT molecular complexity index is 1200. The molecule has 0 saturated heterocycles. The van der Waals surface area contributed by atoms with Crippen molar-refractivity contribution in [2.24, 2.45) is 0 Å². The molecule has 7 heteroatoms. The van der Waals surface area contributed by atoms with Crippen LogP contribution in [0.5, 0.6) is 0 Å². The largest absolute Gasteiger partial charge is 0.423 e. The van der Waals surface area contributed by atoms with Crippen LogP contribution in [-0.4, -0.2) is 10.2 Å². The zero-order chi connectivity index (χ0) is 19.7. The molecular formula is C21H19N3O2S2. The molecule has 0 aliphatic carbocycles. The molecule has 2 aromatic heterocycles. The summed E-state index contributed by atoms with van der Waals surface area (Å²) in [6.45, 7) is 6.13. The smallest absolute Gasteiger partial charge is 0.336 e. The van der Waals surface area contributed by atoms with Crippen LogP contribution < -0.4 is 10.9 Å². The fraction of sp³-hybridized carbons (Fsp3) is 0.190. The van der Waals surface area contributed by atoms with Gasteiger partial charge in [0.1, 0.15) is 5.58 Å². The van der Waals surface area contributed by atoms with Gasteiger partial charge in [-0.1, -0.05) is 40.8 Å². The monoisotopic (exact) mass is 409 g/mol. The number of anilines is 2. The van der Waals surface area contributed by atoms with Crippen LogP contribution in [0.4, 0.5) is 10.8 Å². The van der Waals surface area contributed by atoms with Crippen molar-refractivity contribution in [2.45, 2.75) is 30.9 Å². The second kappa shape index (κ2) is 7.77. The van der Waals surface area contributed by atoms with E-state index in [2.05, 4.69) is 47.6 Å². The molecule has 0 amide bonds. The van der Waals surface area contributed by atoms with Crippen molar-refractivity contribution in [3.05, 3.63) is 75.1 Å². The number of aromatic nitrogens is 2. The summed E-state index contributed by atoms with van der Waals surface area (Å²) in [4.78, 5) is 11.9. The normalized spacial score (nSPS) is 11.1. The molecule has 0 radical (unpaired) electrons. The number of rotatable bonds is 5. The second-order valence-corrected chi connectivity index (χ2v) is 8.88. The van der Waals surface area contributed by atoms with Gasteiger partial charge >= 0.3 is 5.63 Å². The molecule has 142 valence electrons. The molecule has 2 heterocycles. The van der Waals surface area contributed by atoms with Crippen LogP contribution in [0, 0.1) is 20.8 Å². The number of aryl methyl sites for hydroxylation is 3. The Balaban J connectivity index is 1.52. The minimum Gasteiger partial charge on any atom is -0.423 e. The van der Waals surface area contributed by atoms with Crippen LogP contribution in [0.15, 0.2) is 56.0 Å². The van der Waals surface area contributed by atoms with Gasteiger partial charge in [-0.3, -0.25) is 0 Å². The van der Waals surface area contributed by atoms with Gasteiger partial charge in [-0.25, -0.2) is 4.79 Å². The number of hydrogen-bond acceptors (Lipinski definition) is 7. The molecular weight excluding hydrogens is 390 g/mol. The summed E-state index contributed by atoms with van der Waals surface area (Å²) < 4.78 is 6.22. The quantitative estimate of drug-likeness (QED) is 0.341. The number of nitrogens with one attached hydrogen (secondary N) is 1. The maximum absolute atomic E-state index is 11.9. The first-order chi connectivity index (χ1) is 13.5. The van der Waals surface area contributed by atoms with E-state index < -0.39 is 0 Å². The highest BCUT2D eigenvalue weighted by Gasteiger charge is 2.11. The van der Waals surface area contributed by atoms with E-state index in [1.54, 1.807) is 17.8 Å². The number of fused-ring (bicyclic) bond motifs is 1. The third-order valence-electron chi connectivity index (χ3n) is 4.50. The molecule has 1 N–H and O–H groups in total. The van der Waals surface area contributed by atoms with Crippen molar-refractivity contribution >= 4 is 44.9 Å². The lowest BCUT2D eigenvalue weighted by Crippen LogP contribution is -2.00. The molecule has 0 saturated carbocycles. The van der Waals surface area contributed by atoms with Crippen LogP contribution in [0.1, 0.15) is 22.3 Å². The molecule has 2 aromatic carbocycles. The van der Waals surface area contributed by atoms with Gasteiger partial charge in [-0.15, -0.1) is 10.2 Å². The Labute approximate surface area is 170 Å². The number of hydrogen-bond donors (Lipinski definition) is 1. The molecule has 0 aliphatic rings. The molecule has 5 nitrogen and oxygen atoms in total. The standard InChI is InChI=1S/C21H19N3O2S2/c1-12-4-6-16(7-5-12)22-20-23-24-21(28-20)27-11-15-10-19(25)26-18-9-14(3)13(2)8-17(15)18/h4-10H,11H2,1-3H3,(H,22,23). The number of thioether (sulfide) groups is 1. The van der Waals surface area contributed by atoms with Gasteiger partial charge in [0, 0.05) is 22.9 Å². The van der Waals surface area contributed by atoms with E-state index in [4.69, 9.17) is 4.42 Å². The highest BCUT2D eigenvalue weighted by molar-refractivity contribution is 8.00. The predicted molar refractivity (Wildman–Crippen MR) is 116 cm³/mol. The van der Waals surface area contributed by atoms with Gasteiger partial charge in [-0.2, -0.15) is 0 Å². The Morgan fingerprint density at radius 1 is 1.04 bits per heavy atom. The lowest BCUT2D eigenvalue weighted by atomic mass is 10.0. The van der Waals surface area contributed by atoms with E-state index >= 15 is 0 Å². The Morgan fingerprint density at radius 2 is 1.79 bits per heavy atom. The molecule has 4 aromatic rings. The van der Waals surface area contributed by atoms with Crippen LogP contribution in [-0.2, 0) is 5.75 Å². The van der Waals surface area contributed by atoms with Crippen molar-refractivity contribution in [1.82, 2.24) is 10.2 Å². The summed E-state index contributed by atoms with van der Waals surface area (Å²) >= 11 is 3.06. The lowest BCUT2D eigenvalue weighted by molar-refractivity contribution is 0.559. The lowest BCUT2D eigenvalue weighted by Gasteiger charge is -2.07. The average Bonchev–Trinajstić information content (AvgIpc) is 3.10. The average molecular weight is 410 g/mol. The van der Waals surface area contributed by atoms with Gasteiger partial charge in [0.2, 0.25) is 5.13 Å². The SMILES string of the molecule is Cc1ccc(Nc2nnc(SCc3cc(=O)oc4cc(C)c(C)cc34)s2)cc1. The minimum absolute atomic E-state index is 0.328. The Kier molecular flexibility index (Phi) is 5.19. The fourth-order valence-corrected chi connectivity index (χ4v) is 4.58. The first kappa shape index (κ1) is 18.7. The second-order valence-electron chi connectivity index (χ2n) is 6.68. The van der Waals surface area contributed by atoms with Crippen LogP contribution >= 0.6 is 23.1 Å². The summed E-state index contributed by atoms with van der Waals surface area (Å²) in [7, 11) is 0. The van der Waals surface area contributed by atoms with Gasteiger partial charge in [0.25, 0.3) is 0 Å². The van der Waals surface area contributed by atoms with E-state index in [-0.39, 0.29) is 5.63 Å². The Hall–Kier alpha value is -2.64. The van der Waals surface area contributed by atoms with E-state index in [1.165, 1.54) is 22.5 Å². The molecule has 0 bridgehead atoms. The minimum atomic E-state index is -0.328. The van der Waals surface area contributed by atoms with Crippen LogP contribution in [0.2, 0.25) is 0 Å². The van der Waals surface area contributed by atoms with Crippen molar-refractivity contribution in [2.75, 3.05) is 5.32 Å². The van der Waals surface area contributed by atoms with Crippen LogP contribution in [0.3, 0.4) is 0 Å². The third-order valence-corrected chi connectivity index (χ3v) is 6.53. The summed E-state index contributed by atoms with van der Waals surface area (Å²) in [5.74, 6) is 0.629. The van der Waals surface area contributed by atoms with Crippen molar-refractivity contribution < 1.29 is 4.42 Å². The summed E-state index contributed by atoms with van der Waals surface area (Å²) in [6.07, 6.45) is 0. The first-order valence-corrected chi connectivity index (χ1v) is 10.6. The van der Waals surface area contributed by atoms with Gasteiger partial charge in [0.05, 0.1) is 0 Å². The maximum atomic E-state index is 11.9. The molecule has 28 heavy (non-hydrogen) atoms. The predicted octanol–water partition coefficient (Wildman–Crippen LogP) is 5.61. The highest BCUT2D eigenvalue weighted by atomic mass is 32.2. The van der Waals surface area contributed by atoms with Crippen molar-refractivity contribution in [1.29, 1.82) is 0 Å². The molecule has 0 atom stereocenters. The Morgan fingerprint density at radius 3 is 2.57 bits per heavy atom. The van der Waals surface area contributed by atoms with E-state index in [0.29, 0.717) is 11.3 Å². The van der Waals surface area contributed by atoms with Gasteiger partial charge in [0.15, 0.2) is 4.34 Å². The fourth-order valence-electron chi connectivity index (χ4n) is 2.82. The van der Waals surface area contributed by atoms with Crippen molar-refractivity contribution in [3.8, 4) is 0 Å². The summed E-state index contributed by atoms with van der Waals surface area (Å²) in [5, 5.41) is 13.4. The zero-order valence-corrected chi connectivity index (χ0v) is 17.4. The highest BCUT2D eigenvalue weighted by Crippen LogP contribution is 2.32. The summed E-state index contributed by atoms with van der Waals surface area (Å²) in [5.41, 5.74) is 5.72. The molecule has 0 unspecified atom stereocenters. The van der Waals surface area contributed by atoms with Crippen LogP contribution in [0.25, 0.3) is 11.0 Å². The van der Waals surface area contributed by atoms with E-state index in [9.17, 15) is 4.79 Å². The van der Waals surface area contributed by atoms with Gasteiger partial charge < -0.3 is 9.73 Å². The summed E-state index contributed by atoms with van der Waals surface area (Å²) in [6, 6.07) is 13.7. The third kappa shape index (κ3) is 4.10. The molecule has 0 spiro atoms. The maximum Gasteiger partial charge on any atom is 0.336 e. The molecule has 0 aliphatic heterocycles. The number of nitrogens with zero attached hydrogens (tertiary/aromatic N) is 2. The molecule has 4 rings (SSSR count). The first-order valence-electron chi connectivity index (χ1n) is 8.82. The van der Waals surface area contributed by atoms with E-state index in [0.717, 1.165) is 31.7 Å².